The van der Waals surface area contributed by atoms with Crippen LogP contribution in [0.15, 0.2) is 24.3 Å². The number of ether oxygens (including phenoxy) is 1. The van der Waals surface area contributed by atoms with Gasteiger partial charge in [0, 0.05) is 11.8 Å². The van der Waals surface area contributed by atoms with E-state index in [-0.39, 0.29) is 5.84 Å². The molecule has 1 aromatic rings. The molecule has 0 bridgehead atoms. The van der Waals surface area contributed by atoms with Crippen LogP contribution in [0.25, 0.3) is 0 Å². The molecule has 0 saturated carbocycles. The van der Waals surface area contributed by atoms with E-state index in [1.54, 1.807) is 38.3 Å². The van der Waals surface area contributed by atoms with E-state index < -0.39 is 11.6 Å². The second kappa shape index (κ2) is 6.08. The third kappa shape index (κ3) is 3.87. The Kier molecular flexibility index (Phi) is 4.74. The summed E-state index contributed by atoms with van der Waals surface area (Å²) in [7, 11) is 1.56. The van der Waals surface area contributed by atoms with Gasteiger partial charge in [-0.25, -0.2) is 4.79 Å². The van der Waals surface area contributed by atoms with Crippen molar-refractivity contribution in [1.29, 1.82) is 5.41 Å². The molecule has 104 valence electrons. The minimum absolute atomic E-state index is 0.0733. The van der Waals surface area contributed by atoms with Gasteiger partial charge in [0.25, 0.3) is 0 Å². The van der Waals surface area contributed by atoms with Crippen molar-refractivity contribution < 1.29 is 9.53 Å². The van der Waals surface area contributed by atoms with Gasteiger partial charge in [-0.05, 0) is 25.5 Å². The van der Waals surface area contributed by atoms with Gasteiger partial charge in [0.2, 0.25) is 0 Å². The fourth-order valence-electron chi connectivity index (χ4n) is 1.46. The minimum Gasteiger partial charge on any atom is -0.497 e. The number of anilines is 1. The van der Waals surface area contributed by atoms with Gasteiger partial charge in [-0.15, -0.1) is 0 Å². The first-order chi connectivity index (χ1) is 8.91. The molecule has 19 heavy (non-hydrogen) atoms. The number of rotatable bonds is 5. The van der Waals surface area contributed by atoms with Gasteiger partial charge in [0.05, 0.1) is 12.6 Å². The number of methoxy groups -OCH3 is 1. The Labute approximate surface area is 112 Å². The van der Waals surface area contributed by atoms with Crippen LogP contribution in [0.3, 0.4) is 0 Å². The van der Waals surface area contributed by atoms with Crippen LogP contribution in [0.1, 0.15) is 20.3 Å². The van der Waals surface area contributed by atoms with Crippen LogP contribution in [-0.4, -0.2) is 24.5 Å². The molecule has 5 N–H and O–H groups in total. The average Bonchev–Trinajstić information content (AvgIpc) is 2.38. The summed E-state index contributed by atoms with van der Waals surface area (Å²) in [6.07, 6.45) is 0.536. The van der Waals surface area contributed by atoms with Crippen molar-refractivity contribution >= 4 is 17.6 Å². The number of carbonyl (C=O) groups excluding carboxylic acids is 1. The van der Waals surface area contributed by atoms with E-state index in [1.807, 2.05) is 6.92 Å². The van der Waals surface area contributed by atoms with Crippen LogP contribution in [0.2, 0.25) is 0 Å². The van der Waals surface area contributed by atoms with Gasteiger partial charge in [-0.1, -0.05) is 13.0 Å². The van der Waals surface area contributed by atoms with Crippen molar-refractivity contribution in [3.05, 3.63) is 24.3 Å². The Morgan fingerprint density at radius 2 is 2.21 bits per heavy atom. The summed E-state index contributed by atoms with van der Waals surface area (Å²) in [5, 5.41) is 12.9. The van der Waals surface area contributed by atoms with E-state index >= 15 is 0 Å². The van der Waals surface area contributed by atoms with Crippen molar-refractivity contribution in [2.24, 2.45) is 5.73 Å². The molecule has 0 spiro atoms. The van der Waals surface area contributed by atoms with Crippen LogP contribution in [0.5, 0.6) is 5.75 Å². The zero-order chi connectivity index (χ0) is 14.5. The number of amides is 2. The molecule has 1 unspecified atom stereocenters. The Hall–Kier alpha value is -2.24. The summed E-state index contributed by atoms with van der Waals surface area (Å²) in [6, 6.07) is 6.61. The number of urea groups is 1. The third-order valence-electron chi connectivity index (χ3n) is 3.02. The lowest BCUT2D eigenvalue weighted by atomic mass is 9.98. The summed E-state index contributed by atoms with van der Waals surface area (Å²) in [5.41, 5.74) is 5.26. The number of nitrogens with two attached hydrogens (primary N) is 1. The van der Waals surface area contributed by atoms with Crippen molar-refractivity contribution in [2.45, 2.75) is 25.8 Å². The van der Waals surface area contributed by atoms with Crippen molar-refractivity contribution in [3.8, 4) is 5.75 Å². The monoisotopic (exact) mass is 264 g/mol. The molecule has 0 aliphatic rings. The topological polar surface area (TPSA) is 100 Å². The highest BCUT2D eigenvalue weighted by Crippen LogP contribution is 2.17. The van der Waals surface area contributed by atoms with Gasteiger partial charge >= 0.3 is 6.03 Å². The molecule has 6 nitrogen and oxygen atoms in total. The molecule has 0 aromatic heterocycles. The van der Waals surface area contributed by atoms with Gasteiger partial charge in [-0.3, -0.25) is 5.41 Å². The quantitative estimate of drug-likeness (QED) is 0.483. The Balaban J connectivity index is 2.72. The molecule has 0 aliphatic heterocycles. The molecule has 6 heteroatoms. The van der Waals surface area contributed by atoms with Gasteiger partial charge in [0.1, 0.15) is 11.6 Å². The fourth-order valence-corrected chi connectivity index (χ4v) is 1.46. The predicted octanol–water partition coefficient (Wildman–Crippen LogP) is 1.92. The number of carbonyl (C=O) groups is 1. The lowest BCUT2D eigenvalue weighted by Gasteiger charge is -2.28. The second-order valence-corrected chi connectivity index (χ2v) is 4.41. The number of benzene rings is 1. The van der Waals surface area contributed by atoms with Crippen LogP contribution >= 0.6 is 0 Å². The SMILES string of the molecule is CCC(C)(NC(=O)Nc1cccc(OC)c1)C(=N)N. The zero-order valence-electron chi connectivity index (χ0n) is 11.4. The Morgan fingerprint density at radius 1 is 1.53 bits per heavy atom. The van der Waals surface area contributed by atoms with Crippen LogP contribution in [-0.2, 0) is 0 Å². The molecule has 1 aromatic carbocycles. The number of nitrogens with one attached hydrogen (secondary N) is 3. The van der Waals surface area contributed by atoms with Gasteiger partial charge < -0.3 is 21.1 Å². The largest absolute Gasteiger partial charge is 0.497 e. The standard InChI is InChI=1S/C13H20N4O2/c1-4-13(2,11(14)15)17-12(18)16-9-6-5-7-10(8-9)19-3/h5-8H,4H2,1-3H3,(H3,14,15)(H2,16,17,18). The van der Waals surface area contributed by atoms with E-state index in [1.165, 1.54) is 0 Å². The lowest BCUT2D eigenvalue weighted by molar-refractivity contribution is 0.245. The molecule has 0 heterocycles. The van der Waals surface area contributed by atoms with E-state index in [0.717, 1.165) is 0 Å². The zero-order valence-corrected chi connectivity index (χ0v) is 11.4. The first-order valence-corrected chi connectivity index (χ1v) is 5.99. The maximum Gasteiger partial charge on any atom is 0.320 e. The Bertz CT molecular complexity index is 475. The highest BCUT2D eigenvalue weighted by molar-refractivity contribution is 5.96. The van der Waals surface area contributed by atoms with E-state index in [9.17, 15) is 4.79 Å². The average molecular weight is 264 g/mol. The van der Waals surface area contributed by atoms with Gasteiger partial charge in [-0.2, -0.15) is 0 Å². The first kappa shape index (κ1) is 14.8. The molecule has 0 saturated heterocycles. The summed E-state index contributed by atoms with van der Waals surface area (Å²) < 4.78 is 5.07. The van der Waals surface area contributed by atoms with Crippen LogP contribution in [0, 0.1) is 5.41 Å². The molecule has 0 aliphatic carbocycles. The lowest BCUT2D eigenvalue weighted by Crippen LogP contribution is -2.55. The molecular weight excluding hydrogens is 244 g/mol. The summed E-state index contributed by atoms with van der Waals surface area (Å²) in [5.74, 6) is 0.582. The molecule has 1 rings (SSSR count). The van der Waals surface area contributed by atoms with Gasteiger partial charge in [0.15, 0.2) is 0 Å². The van der Waals surface area contributed by atoms with Crippen LogP contribution in [0.4, 0.5) is 10.5 Å². The maximum absolute atomic E-state index is 11.9. The number of hydrogen-bond donors (Lipinski definition) is 4. The summed E-state index contributed by atoms with van der Waals surface area (Å²) in [4.78, 5) is 11.9. The number of amidine groups is 1. The van der Waals surface area contributed by atoms with Crippen molar-refractivity contribution in [1.82, 2.24) is 5.32 Å². The maximum atomic E-state index is 11.9. The minimum atomic E-state index is -0.844. The van der Waals surface area contributed by atoms with E-state index in [0.29, 0.717) is 17.9 Å². The highest BCUT2D eigenvalue weighted by Gasteiger charge is 2.27. The predicted molar refractivity (Wildman–Crippen MR) is 75.8 cm³/mol. The smallest absolute Gasteiger partial charge is 0.320 e. The molecular formula is C13H20N4O2. The molecule has 0 radical (unpaired) electrons. The normalized spacial score (nSPS) is 13.2. The summed E-state index contributed by atoms with van der Waals surface area (Å²) in [6.45, 7) is 3.56. The summed E-state index contributed by atoms with van der Waals surface area (Å²) >= 11 is 0. The fraction of sp³-hybridized carbons (Fsp3) is 0.385. The van der Waals surface area contributed by atoms with E-state index in [4.69, 9.17) is 15.9 Å². The van der Waals surface area contributed by atoms with Crippen LogP contribution < -0.4 is 21.1 Å². The highest BCUT2D eigenvalue weighted by atomic mass is 16.5. The van der Waals surface area contributed by atoms with Crippen molar-refractivity contribution in [2.75, 3.05) is 12.4 Å². The molecule has 0 fully saturated rings. The first-order valence-electron chi connectivity index (χ1n) is 5.99. The number of hydrogen-bond acceptors (Lipinski definition) is 3. The Morgan fingerprint density at radius 3 is 2.74 bits per heavy atom. The van der Waals surface area contributed by atoms with Crippen molar-refractivity contribution in [3.63, 3.8) is 0 Å². The third-order valence-corrected chi connectivity index (χ3v) is 3.02. The molecule has 2 amide bonds. The second-order valence-electron chi connectivity index (χ2n) is 4.41. The van der Waals surface area contributed by atoms with E-state index in [2.05, 4.69) is 10.6 Å². The molecule has 1 atom stereocenters.